The van der Waals surface area contributed by atoms with Gasteiger partial charge < -0.3 is 0 Å². The fourth-order valence-electron chi connectivity index (χ4n) is 0. The van der Waals surface area contributed by atoms with Crippen LogP contribution in [0, 0.1) is 31.1 Å². The molecule has 0 aromatic rings. The van der Waals surface area contributed by atoms with Gasteiger partial charge in [-0.05, 0) is 0 Å². The van der Waals surface area contributed by atoms with Gasteiger partial charge in [-0.2, -0.15) is 0 Å². The van der Waals surface area contributed by atoms with Crippen LogP contribution in [-0.2, 0) is 0 Å². The zero-order valence-corrected chi connectivity index (χ0v) is 7.02. The van der Waals surface area contributed by atoms with E-state index in [9.17, 15) is 0 Å². The van der Waals surface area contributed by atoms with Gasteiger partial charge >= 0.3 is 1.28 Å². The summed E-state index contributed by atoms with van der Waals surface area (Å²) in [6, 6.07) is 0. The standard InChI is InChI=1S/H2NOP.U/c2-1-3;/h2-3H;/p+1/i3T;/hD. The number of hydrogen-bond donors (Lipinski definition) is 1. The van der Waals surface area contributed by atoms with Gasteiger partial charge in [0.25, 0.3) is 1.43 Å². The van der Waals surface area contributed by atoms with Gasteiger partial charge in [-0.1, -0.05) is 0 Å². The molecular formula is H3NOPU+. The average molecular weight is 305 g/mol. The number of rotatable bonds is 1. The van der Waals surface area contributed by atoms with Gasteiger partial charge in [-0.25, -0.2) is 5.21 Å². The predicted octanol–water partition coefficient (Wildman–Crippen LogP) is 0.434. The summed E-state index contributed by atoms with van der Waals surface area (Å²) in [6.07, 6.45) is 0. The molecule has 0 heterocycles. The molecule has 22 valence electrons. The van der Waals surface area contributed by atoms with Crippen LogP contribution < -0.4 is 0 Å². The monoisotopic (exact) mass is 305 g/mol. The molecule has 4 heteroatoms. The van der Waals surface area contributed by atoms with Gasteiger partial charge in [-0.15, -0.1) is 0 Å². The summed E-state index contributed by atoms with van der Waals surface area (Å²) in [7, 11) is -0.377. The van der Waals surface area contributed by atoms with Crippen LogP contribution in [0.5, 0.6) is 0 Å². The summed E-state index contributed by atoms with van der Waals surface area (Å²) in [5.74, 6) is 0. The van der Waals surface area contributed by atoms with E-state index in [1.54, 1.807) is 0 Å². The van der Waals surface area contributed by atoms with E-state index in [2.05, 4.69) is 10.1 Å². The summed E-state index contributed by atoms with van der Waals surface area (Å²) in [4.78, 5) is 2.83. The Balaban J connectivity index is 0. The third kappa shape index (κ3) is 11.2. The van der Waals surface area contributed by atoms with Crippen molar-refractivity contribution in [1.29, 1.82) is 1.28 Å². The van der Waals surface area contributed by atoms with Crippen molar-refractivity contribution in [3.8, 4) is 0 Å². The Labute approximate surface area is 53.0 Å². The van der Waals surface area contributed by atoms with Crippen LogP contribution in [0.3, 0.4) is 0 Å². The van der Waals surface area contributed by atoms with Gasteiger partial charge in [0.2, 0.25) is 8.98 Å². The smallest absolute Gasteiger partial charge is 0.232 e. The second kappa shape index (κ2) is 8.93. The van der Waals surface area contributed by atoms with E-state index >= 15 is 0 Å². The van der Waals surface area contributed by atoms with Crippen LogP contribution in [0.25, 0.3) is 0 Å². The summed E-state index contributed by atoms with van der Waals surface area (Å²) < 4.78 is 12.0. The van der Waals surface area contributed by atoms with Crippen molar-refractivity contribution in [2.75, 3.05) is 0 Å². The first kappa shape index (κ1) is 3.31. The molecule has 0 radical (unpaired) electrons. The van der Waals surface area contributed by atoms with Crippen molar-refractivity contribution in [1.82, 2.24) is 0 Å². The normalized spacial score (nSPS) is 13.0. The maximum atomic E-state index is 6.22. The molecule has 4 heavy (non-hydrogen) atoms. The maximum absolute atomic E-state index is 6.22. The first-order chi connectivity index (χ1) is 2.41. The van der Waals surface area contributed by atoms with Gasteiger partial charge in [0.05, 0.1) is 0 Å². The molecule has 1 N–H and O–H groups in total. The summed E-state index contributed by atoms with van der Waals surface area (Å²) in [5, 5.41) is 3.39. The van der Waals surface area contributed by atoms with Crippen LogP contribution in [0.1, 0.15) is 0 Å². The van der Waals surface area contributed by atoms with Crippen LogP contribution >= 0.6 is 8.98 Å². The fraction of sp³-hybridized carbons (Fsp3) is 0. The summed E-state index contributed by atoms with van der Waals surface area (Å²) in [5.41, 5.74) is 0. The summed E-state index contributed by atoms with van der Waals surface area (Å²) >= 11 is 0. The van der Waals surface area contributed by atoms with Crippen molar-refractivity contribution >= 4 is 8.98 Å². The minimum absolute atomic E-state index is 0. The fourth-order valence-corrected chi connectivity index (χ4v) is 0. The molecule has 1 atom stereocenters. The predicted molar refractivity (Wildman–Crippen MR) is 13.9 cm³/mol. The molecule has 0 amide bonds. The zero-order chi connectivity index (χ0) is 4.12. The average Bonchev–Trinajstić information content (AvgIpc) is 1.41. The molecular weight excluding hydrogens is 299 g/mol. The van der Waals surface area contributed by atoms with Gasteiger partial charge in [0, 0.05) is 36.0 Å². The first-order valence-corrected chi connectivity index (χ1v) is 0.853. The Morgan fingerprint density at radius 3 is 3.50 bits per heavy atom. The maximum Gasteiger partial charge on any atom is 0.364 e. The Bertz CT molecular complexity index is 40.5. The molecule has 0 aliphatic heterocycles. The third-order valence-corrected chi connectivity index (χ3v) is 0. The Morgan fingerprint density at radius 1 is 2.75 bits per heavy atom. The van der Waals surface area contributed by atoms with Crippen molar-refractivity contribution in [2.24, 2.45) is 4.91 Å². The number of nitrogens with zero attached hydrogens (tertiary/aromatic N) is 1. The minimum atomic E-state index is -0.377. The van der Waals surface area contributed by atoms with Crippen LogP contribution in [0.2, 0.25) is 1.43 Å². The van der Waals surface area contributed by atoms with E-state index in [1.165, 1.54) is 0 Å². The SMILES string of the molecule is [2H]ON=[PH+][3H].[U]. The van der Waals surface area contributed by atoms with Crippen molar-refractivity contribution in [2.45, 2.75) is 0 Å². The number of hydrogen-bond acceptors (Lipinski definition) is 2. The molecule has 0 rings (SSSR count). The minimum Gasteiger partial charge on any atom is -0.232 e. The molecule has 0 aliphatic rings. The molecule has 0 aromatic carbocycles. The van der Waals surface area contributed by atoms with Crippen LogP contribution in [-0.4, -0.2) is 6.49 Å². The van der Waals surface area contributed by atoms with E-state index < -0.39 is 0 Å². The van der Waals surface area contributed by atoms with E-state index in [1.807, 2.05) is 0 Å². The molecule has 0 saturated heterocycles. The second-order valence-corrected chi connectivity index (χ2v) is 0.274. The van der Waals surface area contributed by atoms with Gasteiger partial charge in [-0.3, -0.25) is 0 Å². The van der Waals surface area contributed by atoms with E-state index in [-0.39, 0.29) is 40.1 Å². The summed E-state index contributed by atoms with van der Waals surface area (Å²) in [6.45, 7) is 0. The molecule has 0 fully saturated rings. The van der Waals surface area contributed by atoms with Crippen LogP contribution in [0.15, 0.2) is 4.91 Å². The second-order valence-electron chi connectivity index (χ2n) is 0.0913. The van der Waals surface area contributed by atoms with E-state index in [0.717, 1.165) is 0 Å². The molecule has 0 aliphatic carbocycles. The Hall–Kier alpha value is 1.11. The Morgan fingerprint density at radius 2 is 3.50 bits per heavy atom. The first-order valence-electron chi connectivity index (χ1n) is 1.31. The van der Waals surface area contributed by atoms with E-state index in [0.29, 0.717) is 0 Å². The Kier molecular flexibility index (Phi) is 7.38. The molecule has 0 spiro atoms. The van der Waals surface area contributed by atoms with Crippen LogP contribution in [0.4, 0.5) is 0 Å². The molecule has 0 aromatic heterocycles. The van der Waals surface area contributed by atoms with Crippen molar-refractivity contribution in [3.63, 3.8) is 0 Å². The quantitative estimate of drug-likeness (QED) is 0.553. The van der Waals surface area contributed by atoms with Crippen molar-refractivity contribution < 1.29 is 37.8 Å². The third-order valence-electron chi connectivity index (χ3n) is 0. The van der Waals surface area contributed by atoms with Gasteiger partial charge in [0.1, 0.15) is 0 Å². The molecule has 0 bridgehead atoms. The van der Waals surface area contributed by atoms with Crippen molar-refractivity contribution in [3.05, 3.63) is 0 Å². The van der Waals surface area contributed by atoms with E-state index in [4.69, 9.17) is 2.71 Å². The molecule has 1 unspecified atom stereocenters. The zero-order valence-electron chi connectivity index (χ0n) is 3.86. The topological polar surface area (TPSA) is 32.6 Å². The largest absolute Gasteiger partial charge is 0.364 e. The van der Waals surface area contributed by atoms with Gasteiger partial charge in [0.15, 0.2) is 0 Å². The molecule has 2 nitrogen and oxygen atoms in total. The molecule has 0 saturated carbocycles.